The molecule has 1 heterocycles. The van der Waals surface area contributed by atoms with Crippen LogP contribution in [-0.2, 0) is 24.0 Å². The summed E-state index contributed by atoms with van der Waals surface area (Å²) >= 11 is 0. The molecule has 1 aromatic rings. The number of ketones is 2. The highest BCUT2D eigenvalue weighted by Crippen LogP contribution is 2.55. The van der Waals surface area contributed by atoms with Crippen molar-refractivity contribution in [2.75, 3.05) is 6.54 Å². The number of hydrogen-bond donors (Lipinski definition) is 2. The van der Waals surface area contributed by atoms with Gasteiger partial charge in [-0.1, -0.05) is 23.8 Å². The highest BCUT2D eigenvalue weighted by Gasteiger charge is 2.56. The summed E-state index contributed by atoms with van der Waals surface area (Å²) in [6.45, 7) is 1.65. The largest absolute Gasteiger partial charge is 0.508 e. The van der Waals surface area contributed by atoms with Crippen molar-refractivity contribution in [1.29, 1.82) is 0 Å². The third-order valence-corrected chi connectivity index (χ3v) is 7.63. The molecule has 0 aromatic heterocycles. The average Bonchev–Trinajstić information content (AvgIpc) is 3.06. The normalized spacial score (nSPS) is 27.9. The lowest BCUT2D eigenvalue weighted by Gasteiger charge is -2.42. The fourth-order valence-electron chi connectivity index (χ4n) is 6.12. The van der Waals surface area contributed by atoms with E-state index in [4.69, 9.17) is 5.11 Å². The van der Waals surface area contributed by atoms with E-state index >= 15 is 0 Å². The van der Waals surface area contributed by atoms with Crippen LogP contribution in [0.3, 0.4) is 0 Å². The van der Waals surface area contributed by atoms with Crippen LogP contribution in [0.2, 0.25) is 0 Å². The van der Waals surface area contributed by atoms with Gasteiger partial charge in [-0.05, 0) is 55.9 Å². The third-order valence-electron chi connectivity index (χ3n) is 7.63. The van der Waals surface area contributed by atoms with E-state index in [1.165, 1.54) is 17.0 Å². The molecular weight excluding hydrogens is 450 g/mol. The summed E-state index contributed by atoms with van der Waals surface area (Å²) in [4.78, 5) is 64.9. The Hall–Kier alpha value is -3.81. The van der Waals surface area contributed by atoms with Crippen LogP contribution >= 0.6 is 0 Å². The van der Waals surface area contributed by atoms with E-state index in [9.17, 15) is 29.1 Å². The quantitative estimate of drug-likeness (QED) is 0.381. The molecule has 1 aliphatic heterocycles. The van der Waals surface area contributed by atoms with E-state index in [2.05, 4.69) is 0 Å². The van der Waals surface area contributed by atoms with E-state index in [1.54, 1.807) is 25.1 Å². The number of carbonyl (C=O) groups excluding carboxylic acids is 4. The molecule has 1 aromatic carbocycles. The molecule has 0 spiro atoms. The number of aromatic hydroxyl groups is 1. The van der Waals surface area contributed by atoms with Gasteiger partial charge in [-0.15, -0.1) is 0 Å². The molecule has 8 heteroatoms. The minimum atomic E-state index is -0.991. The van der Waals surface area contributed by atoms with Gasteiger partial charge in [-0.2, -0.15) is 0 Å². The minimum Gasteiger partial charge on any atom is -0.508 e. The molecule has 8 nitrogen and oxygen atoms in total. The second kappa shape index (κ2) is 8.45. The molecular formula is C27H25NO7. The van der Waals surface area contributed by atoms with Crippen molar-refractivity contribution in [2.45, 2.75) is 38.5 Å². The van der Waals surface area contributed by atoms with Gasteiger partial charge in [0.15, 0.2) is 11.6 Å². The number of carboxylic acids is 1. The number of likely N-dealkylation sites (tertiary alicyclic amines) is 1. The van der Waals surface area contributed by atoms with E-state index in [-0.39, 0.29) is 54.9 Å². The Balaban J connectivity index is 1.57. The number of carbonyl (C=O) groups is 5. The first-order valence-electron chi connectivity index (χ1n) is 11.7. The van der Waals surface area contributed by atoms with Gasteiger partial charge >= 0.3 is 5.97 Å². The van der Waals surface area contributed by atoms with Crippen LogP contribution < -0.4 is 0 Å². The monoisotopic (exact) mass is 475 g/mol. The van der Waals surface area contributed by atoms with Crippen LogP contribution in [0.25, 0.3) is 0 Å². The summed E-state index contributed by atoms with van der Waals surface area (Å²) in [6.07, 6.45) is 3.80. The van der Waals surface area contributed by atoms with Crippen molar-refractivity contribution < 1.29 is 34.2 Å². The van der Waals surface area contributed by atoms with E-state index < -0.39 is 29.6 Å². The SMILES string of the molecule is CC1=CC(=O)C2=C(C1=O)[C@@H](c1cccc(O)c1)C1=CC[C@@H]3C(=O)N(CCCC(=O)O)C(=O)[C@@H]3[C@@H]1C2. The van der Waals surface area contributed by atoms with Crippen molar-refractivity contribution in [1.82, 2.24) is 4.90 Å². The summed E-state index contributed by atoms with van der Waals surface area (Å²) in [6, 6.07) is 6.55. The predicted octanol–water partition coefficient (Wildman–Crippen LogP) is 2.69. The molecule has 0 unspecified atom stereocenters. The number of phenols is 1. The minimum absolute atomic E-state index is 0.0274. The van der Waals surface area contributed by atoms with Gasteiger partial charge in [0.2, 0.25) is 11.8 Å². The lowest BCUT2D eigenvalue weighted by molar-refractivity contribution is -0.142. The van der Waals surface area contributed by atoms with Gasteiger partial charge in [0.05, 0.1) is 11.8 Å². The first-order valence-corrected chi connectivity index (χ1v) is 11.7. The number of Topliss-reactive ketones (excluding diaryl/α,β-unsaturated/α-hetero) is 1. The second-order valence-corrected chi connectivity index (χ2v) is 9.65. The van der Waals surface area contributed by atoms with E-state index in [1.807, 2.05) is 6.08 Å². The van der Waals surface area contributed by atoms with Crippen molar-refractivity contribution in [3.63, 3.8) is 0 Å². The molecule has 1 saturated heterocycles. The first-order chi connectivity index (χ1) is 16.7. The molecule has 0 saturated carbocycles. The summed E-state index contributed by atoms with van der Waals surface area (Å²) in [5.41, 5.74) is 2.57. The maximum absolute atomic E-state index is 13.4. The maximum atomic E-state index is 13.4. The number of amides is 2. The predicted molar refractivity (Wildman–Crippen MR) is 123 cm³/mol. The number of phenolic OH excluding ortho intramolecular Hbond substituents is 1. The van der Waals surface area contributed by atoms with Crippen LogP contribution in [0.4, 0.5) is 0 Å². The number of fused-ring (bicyclic) bond motifs is 3. The average molecular weight is 475 g/mol. The number of carboxylic acid groups (broad SMARTS) is 1. The van der Waals surface area contributed by atoms with Gasteiger partial charge < -0.3 is 10.2 Å². The Bertz CT molecular complexity index is 1280. The summed E-state index contributed by atoms with van der Waals surface area (Å²) in [5.74, 6) is -4.38. The van der Waals surface area contributed by atoms with Crippen molar-refractivity contribution in [3.05, 3.63) is 64.3 Å². The third kappa shape index (κ3) is 3.64. The van der Waals surface area contributed by atoms with Crippen molar-refractivity contribution in [2.24, 2.45) is 17.8 Å². The van der Waals surface area contributed by atoms with Gasteiger partial charge in [-0.25, -0.2) is 0 Å². The van der Waals surface area contributed by atoms with Crippen LogP contribution in [0.1, 0.15) is 44.1 Å². The molecule has 0 radical (unpaired) electrons. The standard InChI is InChI=1S/C27H25NO7/c1-13-10-20(30)19-12-18-16(22(24(19)25(13)33)14-4-2-5-15(29)11-14)7-8-17-23(18)27(35)28(26(17)34)9-3-6-21(31)32/h2,4-5,7,10-11,17-18,22-23,29H,3,6,8-9,12H2,1H3,(H,31,32)/t17-,18+,22-,23-/m0/s1. The lowest BCUT2D eigenvalue weighted by atomic mass is 9.59. The number of aliphatic carboxylic acids is 1. The number of hydrogen-bond acceptors (Lipinski definition) is 6. The van der Waals surface area contributed by atoms with Gasteiger partial charge in [0.1, 0.15) is 5.75 Å². The van der Waals surface area contributed by atoms with Crippen LogP contribution in [0.15, 0.2) is 58.7 Å². The molecule has 35 heavy (non-hydrogen) atoms. The molecule has 2 amide bonds. The Morgan fingerprint density at radius 3 is 2.60 bits per heavy atom. The zero-order valence-electron chi connectivity index (χ0n) is 19.2. The summed E-state index contributed by atoms with van der Waals surface area (Å²) < 4.78 is 0. The molecule has 5 rings (SSSR count). The van der Waals surface area contributed by atoms with Gasteiger partial charge in [-0.3, -0.25) is 28.9 Å². The Kier molecular flexibility index (Phi) is 5.54. The van der Waals surface area contributed by atoms with Crippen LogP contribution in [0, 0.1) is 17.8 Å². The molecule has 4 atom stereocenters. The topological polar surface area (TPSA) is 129 Å². The molecule has 180 valence electrons. The lowest BCUT2D eigenvalue weighted by Crippen LogP contribution is -2.39. The van der Waals surface area contributed by atoms with Gasteiger partial charge in [0, 0.05) is 35.6 Å². The van der Waals surface area contributed by atoms with Crippen molar-refractivity contribution in [3.8, 4) is 5.75 Å². The molecule has 1 fully saturated rings. The van der Waals surface area contributed by atoms with Crippen LogP contribution in [0.5, 0.6) is 5.75 Å². The zero-order valence-corrected chi connectivity index (χ0v) is 19.2. The Labute approximate surface area is 201 Å². The smallest absolute Gasteiger partial charge is 0.303 e. The zero-order chi connectivity index (χ0) is 25.0. The number of nitrogens with zero attached hydrogens (tertiary/aromatic N) is 1. The first kappa shape index (κ1) is 23.0. The summed E-state index contributed by atoms with van der Waals surface area (Å²) in [5, 5.41) is 19.1. The van der Waals surface area contributed by atoms with Gasteiger partial charge in [0.25, 0.3) is 0 Å². The Morgan fingerprint density at radius 1 is 1.11 bits per heavy atom. The highest BCUT2D eigenvalue weighted by atomic mass is 16.4. The van der Waals surface area contributed by atoms with E-state index in [0.717, 1.165) is 5.57 Å². The molecule has 2 N–H and O–H groups in total. The fraction of sp³-hybridized carbons (Fsp3) is 0.370. The second-order valence-electron chi connectivity index (χ2n) is 9.65. The number of allylic oxidation sites excluding steroid dienone is 6. The molecule has 0 bridgehead atoms. The van der Waals surface area contributed by atoms with E-state index in [0.29, 0.717) is 28.7 Å². The van der Waals surface area contributed by atoms with Crippen LogP contribution in [-0.4, -0.2) is 51.0 Å². The highest BCUT2D eigenvalue weighted by molar-refractivity contribution is 6.23. The maximum Gasteiger partial charge on any atom is 0.303 e. The fourth-order valence-corrected chi connectivity index (χ4v) is 6.12. The number of imide groups is 1. The summed E-state index contributed by atoms with van der Waals surface area (Å²) in [7, 11) is 0. The number of rotatable bonds is 5. The number of benzene rings is 1. The molecule has 3 aliphatic carbocycles. The Morgan fingerprint density at radius 2 is 1.89 bits per heavy atom. The van der Waals surface area contributed by atoms with Crippen molar-refractivity contribution >= 4 is 29.4 Å². The molecule has 4 aliphatic rings.